The number of hydrogen-bond donors (Lipinski definition) is 0. The fourth-order valence-electron chi connectivity index (χ4n) is 9.68. The van der Waals surface area contributed by atoms with Crippen molar-refractivity contribution in [3.63, 3.8) is 0 Å². The summed E-state index contributed by atoms with van der Waals surface area (Å²) in [5.74, 6) is 3.13. The summed E-state index contributed by atoms with van der Waals surface area (Å²) in [6.07, 6.45) is -10.3. The van der Waals surface area contributed by atoms with Gasteiger partial charge in [-0.25, -0.2) is 29.9 Å². The van der Waals surface area contributed by atoms with Crippen molar-refractivity contribution < 1.29 is 26.3 Å². The number of alkyl halides is 6. The van der Waals surface area contributed by atoms with Crippen LogP contribution < -0.4 is 0 Å². The lowest BCUT2D eigenvalue weighted by Gasteiger charge is -2.22. The molecule has 0 saturated heterocycles. The predicted molar refractivity (Wildman–Crippen MR) is 257 cm³/mol. The van der Waals surface area contributed by atoms with Crippen molar-refractivity contribution in [2.75, 3.05) is 0 Å². The third-order valence-corrected chi connectivity index (χ3v) is 12.4. The number of rotatable bonds is 6. The molecule has 0 bridgehead atoms. The van der Waals surface area contributed by atoms with Gasteiger partial charge in [0.1, 0.15) is 23.3 Å². The van der Waals surface area contributed by atoms with Crippen molar-refractivity contribution in [2.24, 2.45) is 0 Å². The highest BCUT2D eigenvalue weighted by atomic mass is 19.4. The van der Waals surface area contributed by atoms with Crippen molar-refractivity contribution in [3.05, 3.63) is 180 Å². The summed E-state index contributed by atoms with van der Waals surface area (Å²) in [6.45, 7) is 7.14. The molecule has 15 heteroatoms. The van der Waals surface area contributed by atoms with Gasteiger partial charge in [0.25, 0.3) is 0 Å². The summed E-state index contributed by atoms with van der Waals surface area (Å²) < 4.78 is 93.5. The second-order valence-corrected chi connectivity index (χ2v) is 17.0. The molecule has 4 aromatic heterocycles. The quantitative estimate of drug-likeness (QED) is 0.153. The Morgan fingerprint density at radius 1 is 0.414 bits per heavy atom. The number of nitriles is 1. The molecule has 0 aliphatic carbocycles. The van der Waals surface area contributed by atoms with Crippen LogP contribution in [0.25, 0.3) is 100 Å². The number of nitrogens with zero attached hydrogens (tertiary/aromatic N) is 9. The lowest BCUT2D eigenvalue weighted by Crippen LogP contribution is -2.14. The molecule has 0 saturated carbocycles. The van der Waals surface area contributed by atoms with E-state index >= 15 is 0 Å². The molecule has 342 valence electrons. The van der Waals surface area contributed by atoms with E-state index < -0.39 is 29.0 Å². The van der Waals surface area contributed by atoms with E-state index in [0.29, 0.717) is 80.5 Å². The van der Waals surface area contributed by atoms with Crippen molar-refractivity contribution in [1.82, 2.24) is 39.0 Å². The third kappa shape index (κ3) is 7.36. The first kappa shape index (κ1) is 43.8. The van der Waals surface area contributed by atoms with Crippen LogP contribution in [0.15, 0.2) is 140 Å². The van der Waals surface area contributed by atoms with Gasteiger partial charge in [-0.15, -0.1) is 0 Å². The zero-order chi connectivity index (χ0) is 48.8. The molecule has 4 heterocycles. The zero-order valence-corrected chi connectivity index (χ0v) is 37.6. The van der Waals surface area contributed by atoms with Gasteiger partial charge in [0.2, 0.25) is 0 Å². The lowest BCUT2D eigenvalue weighted by atomic mass is 9.90. The van der Waals surface area contributed by atoms with Crippen molar-refractivity contribution in [1.29, 1.82) is 5.26 Å². The van der Waals surface area contributed by atoms with Gasteiger partial charge in [-0.2, -0.15) is 31.6 Å². The van der Waals surface area contributed by atoms with E-state index in [2.05, 4.69) is 36.0 Å². The van der Waals surface area contributed by atoms with Gasteiger partial charge in [-0.1, -0.05) is 54.6 Å². The minimum atomic E-state index is -5.14. The van der Waals surface area contributed by atoms with Crippen molar-refractivity contribution >= 4 is 43.6 Å². The predicted octanol–water partition coefficient (Wildman–Crippen LogP) is 14.1. The summed E-state index contributed by atoms with van der Waals surface area (Å²) in [4.78, 5) is 27.0. The van der Waals surface area contributed by atoms with Crippen LogP contribution in [-0.2, 0) is 12.4 Å². The molecule has 0 N–H and O–H groups in total. The molecule has 0 aliphatic heterocycles. The summed E-state index contributed by atoms with van der Waals surface area (Å²) in [6, 6.07) is 40.4. The second kappa shape index (κ2) is 16.2. The Hall–Kier alpha value is -8.77. The minimum absolute atomic E-state index is 0.258. The van der Waals surface area contributed by atoms with Gasteiger partial charge in [-0.05, 0) is 118 Å². The van der Waals surface area contributed by atoms with Crippen molar-refractivity contribution in [3.8, 4) is 62.5 Å². The first-order valence-corrected chi connectivity index (χ1v) is 22.0. The minimum Gasteiger partial charge on any atom is -0.309 e. The van der Waals surface area contributed by atoms with Gasteiger partial charge in [0.05, 0.1) is 56.2 Å². The zero-order valence-electron chi connectivity index (χ0n) is 37.6. The van der Waals surface area contributed by atoms with E-state index in [1.807, 2.05) is 100 Å². The number of benzene rings is 7. The Kier molecular flexibility index (Phi) is 10.1. The number of aryl methyl sites for hydroxylation is 4. The lowest BCUT2D eigenvalue weighted by molar-refractivity contribution is -0.142. The van der Waals surface area contributed by atoms with Crippen LogP contribution in [-0.4, -0.2) is 39.0 Å². The van der Waals surface area contributed by atoms with E-state index in [4.69, 9.17) is 0 Å². The van der Waals surface area contributed by atoms with Crippen LogP contribution in [0.1, 0.15) is 40.0 Å². The third-order valence-electron chi connectivity index (χ3n) is 12.4. The van der Waals surface area contributed by atoms with Crippen LogP contribution in [0.2, 0.25) is 0 Å². The van der Waals surface area contributed by atoms with E-state index in [9.17, 15) is 31.6 Å². The van der Waals surface area contributed by atoms with E-state index in [-0.39, 0.29) is 16.8 Å². The number of aromatic nitrogens is 8. The van der Waals surface area contributed by atoms with Gasteiger partial charge >= 0.3 is 12.4 Å². The molecule has 0 fully saturated rings. The highest BCUT2D eigenvalue weighted by Gasteiger charge is 2.41. The average Bonchev–Trinajstić information content (AvgIpc) is 3.84. The molecule has 0 unspecified atom stereocenters. The normalized spacial score (nSPS) is 12.1. The maximum atomic E-state index is 14.9. The van der Waals surface area contributed by atoms with E-state index in [1.165, 1.54) is 12.1 Å². The maximum Gasteiger partial charge on any atom is 0.417 e. The van der Waals surface area contributed by atoms with Crippen LogP contribution in [0.3, 0.4) is 0 Å². The number of halogens is 6. The van der Waals surface area contributed by atoms with Gasteiger partial charge < -0.3 is 9.13 Å². The number of para-hydroxylation sites is 2. The first-order chi connectivity index (χ1) is 33.5. The largest absolute Gasteiger partial charge is 0.417 e. The fraction of sp³-hybridized carbons (Fsp3) is 0.109. The van der Waals surface area contributed by atoms with Gasteiger partial charge in [0, 0.05) is 49.4 Å². The SMILES string of the molecule is Cc1nc(C)nc(-c2ccc3c(c2)c2ccccc2n3-c2ccc(C#N)cc2-c2ccc(-c3c(C(F)(F)F)cccc3C(F)(F)F)cc2-n2c3ccccc3c3cc(-c4nc(C)nc(C)n4)ccc32)n1. The van der Waals surface area contributed by atoms with Gasteiger partial charge in [-0.3, -0.25) is 0 Å². The molecular weight excluding hydrogens is 901 g/mol. The molecule has 0 aliphatic rings. The van der Waals surface area contributed by atoms with Crippen LogP contribution in [0, 0.1) is 39.0 Å². The second-order valence-electron chi connectivity index (χ2n) is 17.0. The topological polar surface area (TPSA) is 111 Å². The maximum absolute atomic E-state index is 14.9. The average molecular weight is 936 g/mol. The summed E-state index contributed by atoms with van der Waals surface area (Å²) in [5, 5.41) is 13.7. The summed E-state index contributed by atoms with van der Waals surface area (Å²) >= 11 is 0. The Balaban J connectivity index is 1.24. The molecule has 0 amide bonds. The monoisotopic (exact) mass is 935 g/mol. The van der Waals surface area contributed by atoms with Crippen LogP contribution in [0.4, 0.5) is 26.3 Å². The molecule has 0 spiro atoms. The molecule has 11 rings (SSSR count). The molecule has 7 aromatic carbocycles. The Morgan fingerprint density at radius 2 is 0.871 bits per heavy atom. The molecule has 70 heavy (non-hydrogen) atoms. The smallest absolute Gasteiger partial charge is 0.309 e. The Labute approximate surface area is 395 Å². The Morgan fingerprint density at radius 3 is 1.36 bits per heavy atom. The number of hydrogen-bond acceptors (Lipinski definition) is 7. The van der Waals surface area contributed by atoms with E-state index in [1.54, 1.807) is 45.9 Å². The van der Waals surface area contributed by atoms with Crippen molar-refractivity contribution in [2.45, 2.75) is 40.0 Å². The highest BCUT2D eigenvalue weighted by Crippen LogP contribution is 2.48. The molecule has 0 radical (unpaired) electrons. The standard InChI is InChI=1S/C55H35F6N9/c1-29-63-30(2)66-52(65-29)35-18-22-48-41(25-35)37-10-5-7-14-45(37)69(48)47-21-16-33(28-62)24-40(47)39-20-17-34(51-43(54(56,57)58)12-9-13-44(51)55(59,60)61)27-50(39)70-46-15-8-6-11-38(46)42-26-36(19-23-49(42)70)53-67-31(3)64-32(4)68-53/h5-27H,1-4H3. The van der Waals surface area contributed by atoms with Crippen LogP contribution >= 0.6 is 0 Å². The fourth-order valence-corrected chi connectivity index (χ4v) is 9.68. The van der Waals surface area contributed by atoms with Crippen LogP contribution in [0.5, 0.6) is 0 Å². The molecular formula is C55H35F6N9. The Bertz CT molecular complexity index is 3940. The number of fused-ring (bicyclic) bond motifs is 6. The van der Waals surface area contributed by atoms with Gasteiger partial charge in [0.15, 0.2) is 11.6 Å². The summed E-state index contributed by atoms with van der Waals surface area (Å²) in [5.41, 5.74) is 2.04. The van der Waals surface area contributed by atoms with E-state index in [0.717, 1.165) is 44.2 Å². The molecule has 11 aromatic rings. The molecule has 9 nitrogen and oxygen atoms in total. The first-order valence-electron chi connectivity index (χ1n) is 22.0. The molecule has 0 atom stereocenters. The summed E-state index contributed by atoms with van der Waals surface area (Å²) in [7, 11) is 0. The highest BCUT2D eigenvalue weighted by molar-refractivity contribution is 6.12.